The molecule has 15 heavy (non-hydrogen) atoms. The molecule has 1 saturated heterocycles. The summed E-state index contributed by atoms with van der Waals surface area (Å²) in [4.78, 5) is 0. The van der Waals surface area contributed by atoms with Crippen LogP contribution in [-0.4, -0.2) is 17.3 Å². The first-order valence-corrected chi connectivity index (χ1v) is 5.11. The van der Waals surface area contributed by atoms with E-state index in [4.69, 9.17) is 5.41 Å². The van der Waals surface area contributed by atoms with E-state index >= 15 is 0 Å². The Bertz CT molecular complexity index is 459. The quantitative estimate of drug-likeness (QED) is 0.550. The molecule has 1 heterocycles. The third-order valence-corrected chi connectivity index (χ3v) is 3.05. The highest BCUT2D eigenvalue weighted by Gasteiger charge is 2.54. The van der Waals surface area contributed by atoms with Crippen molar-refractivity contribution in [2.45, 2.75) is 11.6 Å². The molecule has 1 aliphatic carbocycles. The predicted molar refractivity (Wildman–Crippen MR) is 61.2 cm³/mol. The van der Waals surface area contributed by atoms with Crippen LogP contribution in [0.1, 0.15) is 5.56 Å². The van der Waals surface area contributed by atoms with Crippen LogP contribution in [0, 0.1) is 5.41 Å². The van der Waals surface area contributed by atoms with Gasteiger partial charge in [-0.1, -0.05) is 54.6 Å². The van der Waals surface area contributed by atoms with E-state index in [1.54, 1.807) is 0 Å². The van der Waals surface area contributed by atoms with Gasteiger partial charge in [-0.2, -0.15) is 0 Å². The number of fused-ring (bicyclic) bond motifs is 1. The van der Waals surface area contributed by atoms with E-state index in [0.717, 1.165) is 5.56 Å². The van der Waals surface area contributed by atoms with E-state index in [9.17, 15) is 0 Å². The Morgan fingerprint density at radius 3 is 2.73 bits per heavy atom. The van der Waals surface area contributed by atoms with Crippen molar-refractivity contribution in [1.29, 1.82) is 5.41 Å². The monoisotopic (exact) mass is 196 g/mol. The molecule has 0 amide bonds. The van der Waals surface area contributed by atoms with E-state index in [0.29, 0.717) is 11.8 Å². The lowest BCUT2D eigenvalue weighted by Gasteiger charge is -2.13. The summed E-state index contributed by atoms with van der Waals surface area (Å²) >= 11 is 0. The number of hydrogen-bond acceptors (Lipinski definition) is 2. The molecule has 1 aliphatic heterocycles. The average molecular weight is 196 g/mol. The standard InChI is InChI=1S/C13H12N2/c14-12(10-6-2-1-3-7-10)13-9-5-4-8-11(13)15-13/h1-9,11,14-15H. The van der Waals surface area contributed by atoms with Gasteiger partial charge in [-0.05, 0) is 5.56 Å². The lowest BCUT2D eigenvalue weighted by Crippen LogP contribution is -2.27. The van der Waals surface area contributed by atoms with Crippen LogP contribution in [0.25, 0.3) is 0 Å². The van der Waals surface area contributed by atoms with Gasteiger partial charge in [0, 0.05) is 0 Å². The Balaban J connectivity index is 1.95. The van der Waals surface area contributed by atoms with Gasteiger partial charge in [-0.15, -0.1) is 0 Å². The highest BCUT2D eigenvalue weighted by atomic mass is 15.2. The minimum absolute atomic E-state index is 0.226. The minimum atomic E-state index is -0.226. The summed E-state index contributed by atoms with van der Waals surface area (Å²) in [6.07, 6.45) is 8.22. The Labute approximate surface area is 88.8 Å². The first kappa shape index (κ1) is 8.62. The van der Waals surface area contributed by atoms with Crippen LogP contribution in [0.15, 0.2) is 54.6 Å². The molecule has 2 N–H and O–H groups in total. The van der Waals surface area contributed by atoms with Crippen LogP contribution < -0.4 is 5.32 Å². The van der Waals surface area contributed by atoms with Gasteiger partial charge in [0.25, 0.3) is 0 Å². The van der Waals surface area contributed by atoms with Crippen LogP contribution >= 0.6 is 0 Å². The maximum absolute atomic E-state index is 8.21. The molecule has 0 saturated carbocycles. The third-order valence-electron chi connectivity index (χ3n) is 3.05. The molecule has 0 spiro atoms. The van der Waals surface area contributed by atoms with Gasteiger partial charge < -0.3 is 5.41 Å². The Hall–Kier alpha value is -1.67. The molecule has 74 valence electrons. The molecule has 1 fully saturated rings. The Morgan fingerprint density at radius 2 is 2.00 bits per heavy atom. The highest BCUT2D eigenvalue weighted by Crippen LogP contribution is 2.35. The summed E-state index contributed by atoms with van der Waals surface area (Å²) in [6.45, 7) is 0. The van der Waals surface area contributed by atoms with Gasteiger partial charge in [0.1, 0.15) is 0 Å². The largest absolute Gasteiger partial charge is 0.302 e. The number of nitrogens with one attached hydrogen (secondary N) is 2. The molecule has 2 atom stereocenters. The van der Waals surface area contributed by atoms with Gasteiger partial charge in [0.15, 0.2) is 0 Å². The summed E-state index contributed by atoms with van der Waals surface area (Å²) < 4.78 is 0. The van der Waals surface area contributed by atoms with E-state index in [1.807, 2.05) is 42.5 Å². The average Bonchev–Trinajstić information content (AvgIpc) is 3.05. The maximum Gasteiger partial charge on any atom is 0.0993 e. The molecular weight excluding hydrogens is 184 g/mol. The van der Waals surface area contributed by atoms with Crippen molar-refractivity contribution in [3.63, 3.8) is 0 Å². The van der Waals surface area contributed by atoms with Gasteiger partial charge in [0.05, 0.1) is 17.3 Å². The molecule has 2 aliphatic rings. The topological polar surface area (TPSA) is 45.8 Å². The number of allylic oxidation sites excluding steroid dienone is 2. The fraction of sp³-hybridized carbons (Fsp3) is 0.154. The number of hydrogen-bond donors (Lipinski definition) is 2. The van der Waals surface area contributed by atoms with E-state index < -0.39 is 0 Å². The highest BCUT2D eigenvalue weighted by molar-refractivity contribution is 6.10. The van der Waals surface area contributed by atoms with Crippen LogP contribution in [0.4, 0.5) is 0 Å². The molecule has 2 nitrogen and oxygen atoms in total. The van der Waals surface area contributed by atoms with Gasteiger partial charge in [-0.25, -0.2) is 0 Å². The summed E-state index contributed by atoms with van der Waals surface area (Å²) in [5, 5.41) is 11.6. The van der Waals surface area contributed by atoms with Crippen molar-refractivity contribution in [3.05, 3.63) is 60.2 Å². The Kier molecular flexibility index (Phi) is 1.67. The van der Waals surface area contributed by atoms with Gasteiger partial charge >= 0.3 is 0 Å². The van der Waals surface area contributed by atoms with Crippen LogP contribution in [0.5, 0.6) is 0 Å². The van der Waals surface area contributed by atoms with Crippen molar-refractivity contribution in [3.8, 4) is 0 Å². The van der Waals surface area contributed by atoms with Crippen molar-refractivity contribution in [2.75, 3.05) is 0 Å². The second kappa shape index (κ2) is 2.91. The molecule has 0 bridgehead atoms. The summed E-state index contributed by atoms with van der Waals surface area (Å²) in [5.74, 6) is 0. The molecule has 0 radical (unpaired) electrons. The first-order chi connectivity index (χ1) is 7.33. The van der Waals surface area contributed by atoms with Crippen LogP contribution in [0.3, 0.4) is 0 Å². The van der Waals surface area contributed by atoms with Crippen LogP contribution in [0.2, 0.25) is 0 Å². The fourth-order valence-corrected chi connectivity index (χ4v) is 2.10. The van der Waals surface area contributed by atoms with Crippen molar-refractivity contribution in [2.24, 2.45) is 0 Å². The zero-order valence-electron chi connectivity index (χ0n) is 8.27. The molecule has 0 aromatic heterocycles. The Morgan fingerprint density at radius 1 is 1.20 bits per heavy atom. The molecular formula is C13H12N2. The SMILES string of the molecule is N=C(c1ccccc1)C12C=CC=CC1N2. The van der Waals surface area contributed by atoms with E-state index in [-0.39, 0.29) is 5.54 Å². The molecule has 2 heteroatoms. The normalized spacial score (nSPS) is 31.1. The number of benzene rings is 1. The van der Waals surface area contributed by atoms with Crippen molar-refractivity contribution >= 4 is 5.71 Å². The van der Waals surface area contributed by atoms with Gasteiger partial charge in [0.2, 0.25) is 0 Å². The second-order valence-corrected chi connectivity index (χ2v) is 3.98. The maximum atomic E-state index is 8.21. The van der Waals surface area contributed by atoms with Crippen molar-refractivity contribution in [1.82, 2.24) is 5.32 Å². The van der Waals surface area contributed by atoms with Crippen LogP contribution in [-0.2, 0) is 0 Å². The summed E-state index contributed by atoms with van der Waals surface area (Å²) in [5.41, 5.74) is 1.43. The van der Waals surface area contributed by atoms with E-state index in [1.165, 1.54) is 0 Å². The minimum Gasteiger partial charge on any atom is -0.302 e. The molecule has 1 aromatic carbocycles. The van der Waals surface area contributed by atoms with Gasteiger partial charge in [-0.3, -0.25) is 5.32 Å². The number of rotatable bonds is 2. The second-order valence-electron chi connectivity index (χ2n) is 3.98. The lowest BCUT2D eigenvalue weighted by atomic mass is 9.90. The molecule has 3 rings (SSSR count). The smallest absolute Gasteiger partial charge is 0.0993 e. The summed E-state index contributed by atoms with van der Waals surface area (Å²) in [6, 6.07) is 10.2. The lowest BCUT2D eigenvalue weighted by molar-refractivity contribution is 1.01. The predicted octanol–water partition coefficient (Wildman–Crippen LogP) is 1.89. The first-order valence-electron chi connectivity index (χ1n) is 5.11. The molecule has 1 aromatic rings. The zero-order valence-corrected chi connectivity index (χ0v) is 8.27. The third kappa shape index (κ3) is 1.18. The zero-order chi connectivity index (χ0) is 10.3. The molecule has 2 unspecified atom stereocenters. The van der Waals surface area contributed by atoms with Crippen molar-refractivity contribution < 1.29 is 0 Å². The fourth-order valence-electron chi connectivity index (χ4n) is 2.10. The van der Waals surface area contributed by atoms with E-state index in [2.05, 4.69) is 17.5 Å². The summed E-state index contributed by atoms with van der Waals surface area (Å²) in [7, 11) is 0.